The van der Waals surface area contributed by atoms with Crippen LogP contribution in [-0.2, 0) is 4.79 Å². The quantitative estimate of drug-likeness (QED) is 0.567. The molecule has 1 aliphatic rings. The van der Waals surface area contributed by atoms with Crippen LogP contribution < -0.4 is 11.1 Å². The minimum atomic E-state index is -0.489. The molecule has 3 aromatic rings. The lowest BCUT2D eigenvalue weighted by atomic mass is 9.96. The van der Waals surface area contributed by atoms with Crippen LogP contribution in [0.15, 0.2) is 42.9 Å². The number of hydrogen-bond donors (Lipinski definition) is 3. The Hall–Kier alpha value is -3.63. The van der Waals surface area contributed by atoms with Gasteiger partial charge in [-0.2, -0.15) is 5.26 Å². The van der Waals surface area contributed by atoms with Gasteiger partial charge in [-0.25, -0.2) is 0 Å². The average molecular weight is 429 g/mol. The summed E-state index contributed by atoms with van der Waals surface area (Å²) >= 11 is 0. The Morgan fingerprint density at radius 3 is 2.81 bits per heavy atom. The van der Waals surface area contributed by atoms with Crippen molar-refractivity contribution in [1.29, 1.82) is 5.26 Å². The highest BCUT2D eigenvalue weighted by Gasteiger charge is 2.26. The number of carbonyl (C=O) groups excluding carboxylic acids is 1. The molecule has 1 aromatic carbocycles. The first-order valence-corrected chi connectivity index (χ1v) is 10.9. The molecule has 0 spiro atoms. The topological polar surface area (TPSA) is 111 Å². The Labute approximate surface area is 187 Å². The predicted octanol–water partition coefficient (Wildman–Crippen LogP) is 4.09. The van der Waals surface area contributed by atoms with E-state index in [4.69, 9.17) is 5.73 Å². The number of rotatable bonds is 5. The van der Waals surface area contributed by atoms with Crippen LogP contribution in [0.3, 0.4) is 0 Å². The Balaban J connectivity index is 1.65. The highest BCUT2D eigenvalue weighted by Crippen LogP contribution is 2.35. The largest absolute Gasteiger partial charge is 0.361 e. The molecule has 0 aliphatic carbocycles. The summed E-state index contributed by atoms with van der Waals surface area (Å²) in [6.07, 6.45) is 8.01. The predicted molar refractivity (Wildman–Crippen MR) is 127 cm³/mol. The summed E-state index contributed by atoms with van der Waals surface area (Å²) in [5.74, 6) is 0.0776. The molecule has 164 valence electrons. The first-order valence-electron chi connectivity index (χ1n) is 10.9. The van der Waals surface area contributed by atoms with Crippen molar-refractivity contribution in [1.82, 2.24) is 14.9 Å². The van der Waals surface area contributed by atoms with Gasteiger partial charge in [0.05, 0.1) is 17.3 Å². The number of amides is 1. The maximum absolute atomic E-state index is 12.6. The van der Waals surface area contributed by atoms with Gasteiger partial charge in [0.25, 0.3) is 0 Å². The van der Waals surface area contributed by atoms with Crippen LogP contribution in [0.4, 0.5) is 11.4 Å². The maximum atomic E-state index is 12.6. The van der Waals surface area contributed by atoms with Crippen molar-refractivity contribution in [3.8, 4) is 6.07 Å². The Morgan fingerprint density at radius 2 is 2.12 bits per heavy atom. The van der Waals surface area contributed by atoms with Crippen LogP contribution in [0, 0.1) is 24.2 Å². The number of nitrogens with zero attached hydrogens (tertiary/aromatic N) is 3. The number of benzene rings is 1. The fourth-order valence-electron chi connectivity index (χ4n) is 4.09. The van der Waals surface area contributed by atoms with E-state index >= 15 is 0 Å². The fourth-order valence-corrected chi connectivity index (χ4v) is 4.09. The van der Waals surface area contributed by atoms with E-state index in [0.29, 0.717) is 25.1 Å². The zero-order chi connectivity index (χ0) is 22.8. The number of aryl methyl sites for hydroxylation is 1. The summed E-state index contributed by atoms with van der Waals surface area (Å²) < 4.78 is 0. The third-order valence-corrected chi connectivity index (χ3v) is 6.20. The number of H-pyrrole nitrogens is 1. The standard InChI is InChI=1S/C25H28N6O/c1-15(2)23(27)25(32)31-10-7-17(8-11-31)20-14-28-13-18(12-26)24(20)30-21-4-5-22-19(16(21)3)6-9-29-22/h4-7,9,13-15,23,29H,8,10-11,27H2,1-3H3,(H,28,30)/t23-/m0/s1. The van der Waals surface area contributed by atoms with Crippen LogP contribution in [0.5, 0.6) is 0 Å². The van der Waals surface area contributed by atoms with Gasteiger partial charge in [-0.1, -0.05) is 19.9 Å². The van der Waals surface area contributed by atoms with E-state index in [2.05, 4.69) is 28.3 Å². The zero-order valence-electron chi connectivity index (χ0n) is 18.6. The van der Waals surface area contributed by atoms with Gasteiger partial charge in [-0.15, -0.1) is 0 Å². The van der Waals surface area contributed by atoms with Gasteiger partial charge < -0.3 is 20.9 Å². The van der Waals surface area contributed by atoms with E-state index in [1.807, 2.05) is 44.3 Å². The summed E-state index contributed by atoms with van der Waals surface area (Å²) in [5.41, 5.74) is 12.4. The second-order valence-corrected chi connectivity index (χ2v) is 8.56. The van der Waals surface area contributed by atoms with Gasteiger partial charge in [0.2, 0.25) is 5.91 Å². The number of aromatic nitrogens is 2. The number of nitrogens with one attached hydrogen (secondary N) is 2. The molecule has 0 radical (unpaired) electrons. The van der Waals surface area contributed by atoms with Crippen LogP contribution in [0.25, 0.3) is 16.5 Å². The molecule has 1 aliphatic heterocycles. The Morgan fingerprint density at radius 1 is 1.31 bits per heavy atom. The fraction of sp³-hybridized carbons (Fsp3) is 0.320. The monoisotopic (exact) mass is 428 g/mol. The van der Waals surface area contributed by atoms with Gasteiger partial charge in [0.1, 0.15) is 6.07 Å². The molecular weight excluding hydrogens is 400 g/mol. The average Bonchev–Trinajstić information content (AvgIpc) is 3.29. The second kappa shape index (κ2) is 8.85. The number of anilines is 2. The lowest BCUT2D eigenvalue weighted by Gasteiger charge is -2.30. The van der Waals surface area contributed by atoms with Gasteiger partial charge in [0, 0.05) is 53.8 Å². The van der Waals surface area contributed by atoms with Crippen LogP contribution >= 0.6 is 0 Å². The molecule has 32 heavy (non-hydrogen) atoms. The highest BCUT2D eigenvalue weighted by atomic mass is 16.2. The highest BCUT2D eigenvalue weighted by molar-refractivity contribution is 5.91. The number of pyridine rings is 1. The third-order valence-electron chi connectivity index (χ3n) is 6.20. The molecule has 1 atom stereocenters. The first-order chi connectivity index (χ1) is 15.4. The van der Waals surface area contributed by atoms with Crippen molar-refractivity contribution in [2.45, 2.75) is 33.2 Å². The lowest BCUT2D eigenvalue weighted by molar-refractivity contribution is -0.133. The smallest absolute Gasteiger partial charge is 0.240 e. The van der Waals surface area contributed by atoms with Gasteiger partial charge in [0.15, 0.2) is 0 Å². The zero-order valence-corrected chi connectivity index (χ0v) is 18.6. The van der Waals surface area contributed by atoms with E-state index in [1.54, 1.807) is 17.3 Å². The van der Waals surface area contributed by atoms with Crippen LogP contribution in [0.1, 0.15) is 37.0 Å². The molecule has 0 unspecified atom stereocenters. The molecule has 2 aromatic heterocycles. The number of hydrogen-bond acceptors (Lipinski definition) is 5. The molecular formula is C25H28N6O. The minimum absolute atomic E-state index is 0.0204. The summed E-state index contributed by atoms with van der Waals surface area (Å²) in [6.45, 7) is 7.07. The molecule has 0 bridgehead atoms. The maximum Gasteiger partial charge on any atom is 0.240 e. The van der Waals surface area contributed by atoms with E-state index in [1.165, 1.54) is 0 Å². The summed E-state index contributed by atoms with van der Waals surface area (Å²) in [7, 11) is 0. The first kappa shape index (κ1) is 21.6. The van der Waals surface area contributed by atoms with E-state index in [0.717, 1.165) is 39.0 Å². The van der Waals surface area contributed by atoms with Gasteiger partial charge in [-0.05, 0) is 48.6 Å². The number of nitrogens with two attached hydrogens (primary N) is 1. The van der Waals surface area contributed by atoms with E-state index in [-0.39, 0.29) is 11.8 Å². The number of fused-ring (bicyclic) bond motifs is 1. The van der Waals surface area contributed by atoms with Gasteiger partial charge in [-0.3, -0.25) is 9.78 Å². The molecule has 0 saturated carbocycles. The number of nitriles is 1. The molecule has 7 nitrogen and oxygen atoms in total. The van der Waals surface area contributed by atoms with Crippen LogP contribution in [-0.4, -0.2) is 39.9 Å². The molecule has 3 heterocycles. The Bertz CT molecular complexity index is 1230. The lowest BCUT2D eigenvalue weighted by Crippen LogP contribution is -2.47. The van der Waals surface area contributed by atoms with Crippen LogP contribution in [0.2, 0.25) is 0 Å². The van der Waals surface area contributed by atoms with E-state index in [9.17, 15) is 10.1 Å². The molecule has 7 heteroatoms. The van der Waals surface area contributed by atoms with Crippen molar-refractivity contribution in [2.75, 3.05) is 18.4 Å². The summed E-state index contributed by atoms with van der Waals surface area (Å²) in [4.78, 5) is 21.9. The molecule has 4 N–H and O–H groups in total. The van der Waals surface area contributed by atoms with E-state index < -0.39 is 6.04 Å². The van der Waals surface area contributed by atoms with Crippen molar-refractivity contribution in [2.24, 2.45) is 11.7 Å². The third kappa shape index (κ3) is 3.97. The second-order valence-electron chi connectivity index (χ2n) is 8.56. The van der Waals surface area contributed by atoms with Crippen molar-refractivity contribution >= 4 is 33.8 Å². The van der Waals surface area contributed by atoms with Gasteiger partial charge >= 0.3 is 0 Å². The van der Waals surface area contributed by atoms with Crippen molar-refractivity contribution in [3.63, 3.8) is 0 Å². The SMILES string of the molecule is Cc1c(Nc2c(C#N)cncc2C2=CCN(C(=O)[C@@H](N)C(C)C)CC2)ccc2[nH]ccc12. The summed E-state index contributed by atoms with van der Waals surface area (Å²) in [6, 6.07) is 7.86. The summed E-state index contributed by atoms with van der Waals surface area (Å²) in [5, 5.41) is 14.4. The molecule has 0 fully saturated rings. The molecule has 1 amide bonds. The molecule has 4 rings (SSSR count). The Kier molecular flexibility index (Phi) is 5.97. The number of aromatic amines is 1. The minimum Gasteiger partial charge on any atom is -0.361 e. The number of carbonyl (C=O) groups is 1. The normalized spacial score (nSPS) is 14.9. The van der Waals surface area contributed by atoms with Crippen molar-refractivity contribution < 1.29 is 4.79 Å². The molecule has 0 saturated heterocycles. The van der Waals surface area contributed by atoms with Crippen molar-refractivity contribution in [3.05, 3.63) is 59.6 Å².